The minimum atomic E-state index is -0.335. The average molecular weight is 331 g/mol. The van der Waals surface area contributed by atoms with Crippen LogP contribution in [0.15, 0.2) is 24.3 Å². The van der Waals surface area contributed by atoms with Crippen molar-refractivity contribution in [2.45, 2.75) is 57.8 Å². The highest BCUT2D eigenvalue weighted by Crippen LogP contribution is 2.29. The highest BCUT2D eigenvalue weighted by Gasteiger charge is 2.32. The van der Waals surface area contributed by atoms with Gasteiger partial charge >= 0.3 is 5.97 Å². The molecule has 1 aromatic rings. The number of hydrogen-bond donors (Lipinski definition) is 0. The molecule has 0 aromatic heterocycles. The molecule has 1 atom stereocenters. The average Bonchev–Trinajstić information content (AvgIpc) is 3.10. The Balaban J connectivity index is 1.55. The molecule has 5 heteroatoms. The first-order valence-corrected chi connectivity index (χ1v) is 8.65. The van der Waals surface area contributed by atoms with Crippen molar-refractivity contribution in [2.24, 2.45) is 0 Å². The van der Waals surface area contributed by atoms with Crippen LogP contribution in [-0.2, 0) is 20.8 Å². The number of rotatable bonds is 5. The van der Waals surface area contributed by atoms with Crippen molar-refractivity contribution in [3.63, 3.8) is 0 Å². The van der Waals surface area contributed by atoms with E-state index >= 15 is 0 Å². The molecule has 0 bridgehead atoms. The Bertz CT molecular complexity index is 626. The molecule has 2 aliphatic heterocycles. The number of carbonyl (C=O) groups is 2. The van der Waals surface area contributed by atoms with E-state index in [4.69, 9.17) is 9.47 Å². The quantitative estimate of drug-likeness (QED) is 0.779. The number of benzene rings is 1. The summed E-state index contributed by atoms with van der Waals surface area (Å²) in [6, 6.07) is 7.33. The molecule has 130 valence electrons. The molecule has 5 nitrogen and oxygen atoms in total. The molecule has 0 N–H and O–H groups in total. The lowest BCUT2D eigenvalue weighted by Gasteiger charge is -2.19. The molecule has 2 aliphatic rings. The molecular weight excluding hydrogens is 306 g/mol. The van der Waals surface area contributed by atoms with Crippen molar-refractivity contribution in [1.82, 2.24) is 4.90 Å². The second kappa shape index (κ2) is 6.93. The van der Waals surface area contributed by atoms with Gasteiger partial charge < -0.3 is 14.4 Å². The Labute approximate surface area is 142 Å². The number of likely N-dealkylation sites (tertiary alicyclic amines) is 1. The van der Waals surface area contributed by atoms with E-state index in [1.165, 1.54) is 0 Å². The van der Waals surface area contributed by atoms with Crippen molar-refractivity contribution in [3.05, 3.63) is 35.4 Å². The van der Waals surface area contributed by atoms with Crippen LogP contribution in [0.1, 0.15) is 55.5 Å². The lowest BCUT2D eigenvalue weighted by atomic mass is 10.1. The van der Waals surface area contributed by atoms with Gasteiger partial charge in [-0.15, -0.1) is 0 Å². The van der Waals surface area contributed by atoms with Gasteiger partial charge in [-0.25, -0.2) is 4.79 Å². The number of ether oxygens (including phenoxy) is 2. The predicted molar refractivity (Wildman–Crippen MR) is 89.6 cm³/mol. The number of esters is 1. The summed E-state index contributed by atoms with van der Waals surface area (Å²) in [6.45, 7) is 5.75. The minimum Gasteiger partial charge on any atom is -0.459 e. The van der Waals surface area contributed by atoms with E-state index in [0.717, 1.165) is 31.4 Å². The van der Waals surface area contributed by atoms with Crippen LogP contribution in [0.2, 0.25) is 0 Å². The molecule has 0 spiro atoms. The monoisotopic (exact) mass is 331 g/mol. The first-order valence-electron chi connectivity index (χ1n) is 8.65. The molecule has 0 aliphatic carbocycles. The molecule has 3 rings (SSSR count). The maximum absolute atomic E-state index is 12.3. The Hall–Kier alpha value is -1.88. The van der Waals surface area contributed by atoms with Crippen molar-refractivity contribution in [1.29, 1.82) is 0 Å². The van der Waals surface area contributed by atoms with Crippen LogP contribution in [0.3, 0.4) is 0 Å². The molecule has 1 amide bonds. The van der Waals surface area contributed by atoms with Crippen LogP contribution in [-0.4, -0.2) is 41.6 Å². The van der Waals surface area contributed by atoms with Gasteiger partial charge in [-0.05, 0) is 50.8 Å². The van der Waals surface area contributed by atoms with Crippen LogP contribution in [0.25, 0.3) is 0 Å². The van der Waals surface area contributed by atoms with Crippen molar-refractivity contribution in [3.8, 4) is 0 Å². The topological polar surface area (TPSA) is 55.8 Å². The van der Waals surface area contributed by atoms with E-state index in [-0.39, 0.29) is 30.2 Å². The van der Waals surface area contributed by atoms with E-state index in [2.05, 4.69) is 13.8 Å². The second-order valence-corrected chi connectivity index (χ2v) is 7.26. The Kier molecular flexibility index (Phi) is 4.90. The predicted octanol–water partition coefficient (Wildman–Crippen LogP) is 2.92. The van der Waals surface area contributed by atoms with Gasteiger partial charge in [0.2, 0.25) is 5.91 Å². The van der Waals surface area contributed by atoms with Crippen LogP contribution in [0.5, 0.6) is 0 Å². The minimum absolute atomic E-state index is 0.0191. The van der Waals surface area contributed by atoms with Gasteiger partial charge in [0, 0.05) is 19.5 Å². The van der Waals surface area contributed by atoms with E-state index in [1.807, 2.05) is 23.1 Å². The normalized spacial score (nSPS) is 22.8. The zero-order valence-corrected chi connectivity index (χ0v) is 14.4. The lowest BCUT2D eigenvalue weighted by Crippen LogP contribution is -2.24. The molecule has 2 heterocycles. The van der Waals surface area contributed by atoms with E-state index in [9.17, 15) is 9.59 Å². The summed E-state index contributed by atoms with van der Waals surface area (Å²) in [5, 5.41) is 0. The molecular formula is C19H25NO4. The third kappa shape index (κ3) is 4.15. The first kappa shape index (κ1) is 17.0. The first-order chi connectivity index (χ1) is 11.4. The van der Waals surface area contributed by atoms with Crippen LogP contribution >= 0.6 is 0 Å². The molecule has 1 unspecified atom stereocenters. The molecule has 2 saturated heterocycles. The summed E-state index contributed by atoms with van der Waals surface area (Å²) in [4.78, 5) is 25.8. The fourth-order valence-corrected chi connectivity index (χ4v) is 3.34. The number of carbonyl (C=O) groups excluding carboxylic acids is 2. The summed E-state index contributed by atoms with van der Waals surface area (Å²) in [5.74, 6) is -0.151. The van der Waals surface area contributed by atoms with Gasteiger partial charge in [0.15, 0.2) is 0 Å². The molecule has 2 fully saturated rings. The number of amides is 1. The van der Waals surface area contributed by atoms with Gasteiger partial charge in [-0.1, -0.05) is 12.1 Å². The van der Waals surface area contributed by atoms with Gasteiger partial charge in [0.1, 0.15) is 6.61 Å². The fraction of sp³-hybridized carbons (Fsp3) is 0.579. The Morgan fingerprint density at radius 2 is 2.25 bits per heavy atom. The lowest BCUT2D eigenvalue weighted by molar-refractivity contribution is -0.128. The zero-order valence-electron chi connectivity index (χ0n) is 14.4. The van der Waals surface area contributed by atoms with Crippen molar-refractivity contribution >= 4 is 11.9 Å². The third-order valence-corrected chi connectivity index (χ3v) is 4.66. The summed E-state index contributed by atoms with van der Waals surface area (Å²) in [7, 11) is 0. The van der Waals surface area contributed by atoms with E-state index in [1.54, 1.807) is 6.07 Å². The van der Waals surface area contributed by atoms with E-state index < -0.39 is 0 Å². The number of hydrogen-bond acceptors (Lipinski definition) is 4. The van der Waals surface area contributed by atoms with Crippen molar-refractivity contribution in [2.75, 3.05) is 13.2 Å². The Morgan fingerprint density at radius 1 is 1.42 bits per heavy atom. The van der Waals surface area contributed by atoms with Gasteiger partial charge in [-0.2, -0.15) is 0 Å². The fourth-order valence-electron chi connectivity index (χ4n) is 3.34. The van der Waals surface area contributed by atoms with Crippen LogP contribution in [0, 0.1) is 0 Å². The molecule has 0 saturated carbocycles. The van der Waals surface area contributed by atoms with Gasteiger partial charge in [-0.3, -0.25) is 4.79 Å². The standard InChI is InChI=1S/C19H25NO4/c1-19(2)9-8-16(24-19)13-23-18(22)15-6-3-5-14(11-15)12-20-10-4-7-17(20)21/h3,5-6,11,16H,4,7-10,12-13H2,1-2H3. The van der Waals surface area contributed by atoms with Crippen molar-refractivity contribution < 1.29 is 19.1 Å². The summed E-state index contributed by atoms with van der Waals surface area (Å²) >= 11 is 0. The second-order valence-electron chi connectivity index (χ2n) is 7.26. The summed E-state index contributed by atoms with van der Waals surface area (Å²) in [6.07, 6.45) is 3.42. The third-order valence-electron chi connectivity index (χ3n) is 4.66. The highest BCUT2D eigenvalue weighted by atomic mass is 16.6. The molecule has 0 radical (unpaired) electrons. The smallest absolute Gasteiger partial charge is 0.338 e. The maximum Gasteiger partial charge on any atom is 0.338 e. The van der Waals surface area contributed by atoms with Gasteiger partial charge in [0.25, 0.3) is 0 Å². The Morgan fingerprint density at radius 3 is 2.92 bits per heavy atom. The zero-order chi connectivity index (χ0) is 17.2. The van der Waals surface area contributed by atoms with Gasteiger partial charge in [0.05, 0.1) is 17.3 Å². The highest BCUT2D eigenvalue weighted by molar-refractivity contribution is 5.89. The van der Waals surface area contributed by atoms with E-state index in [0.29, 0.717) is 18.5 Å². The van der Waals surface area contributed by atoms with Crippen LogP contribution in [0.4, 0.5) is 0 Å². The maximum atomic E-state index is 12.3. The molecule has 1 aromatic carbocycles. The number of nitrogens with zero attached hydrogens (tertiary/aromatic N) is 1. The largest absolute Gasteiger partial charge is 0.459 e. The SMILES string of the molecule is CC1(C)CCC(COC(=O)c2cccc(CN3CCCC3=O)c2)O1. The molecule has 24 heavy (non-hydrogen) atoms. The van der Waals surface area contributed by atoms with Crippen LogP contribution < -0.4 is 0 Å². The summed E-state index contributed by atoms with van der Waals surface area (Å²) in [5.41, 5.74) is 1.36. The summed E-state index contributed by atoms with van der Waals surface area (Å²) < 4.78 is 11.2.